The average Bonchev–Trinajstić information content (AvgIpc) is 2.48. The Kier molecular flexibility index (Phi) is 4.49. The number of carbonyl (C=O) groups is 1. The summed E-state index contributed by atoms with van der Waals surface area (Å²) < 4.78 is 5.80. The lowest BCUT2D eigenvalue weighted by Gasteiger charge is -2.18. The molecule has 5 heteroatoms. The number of benzene rings is 2. The molecule has 0 aliphatic rings. The van der Waals surface area contributed by atoms with E-state index < -0.39 is 0 Å². The standard InChI is InChI=1S/C15H14INO3/c1-17(11-4-6-12(20-2)7-5-11)15(19)10-3-8-13(16)14(18)9-10/h3-9,18H,1-2H3. The second-order valence-electron chi connectivity index (χ2n) is 4.23. The lowest BCUT2D eigenvalue weighted by molar-refractivity contribution is 0.0992. The predicted molar refractivity (Wildman–Crippen MR) is 86.6 cm³/mol. The molecule has 0 bridgehead atoms. The number of hydrogen-bond donors (Lipinski definition) is 1. The fraction of sp³-hybridized carbons (Fsp3) is 0.133. The van der Waals surface area contributed by atoms with Crippen molar-refractivity contribution in [3.05, 3.63) is 51.6 Å². The van der Waals surface area contributed by atoms with Crippen LogP contribution in [0.15, 0.2) is 42.5 Å². The Morgan fingerprint density at radius 1 is 1.20 bits per heavy atom. The van der Waals surface area contributed by atoms with Crippen LogP contribution in [0.5, 0.6) is 11.5 Å². The number of halogens is 1. The van der Waals surface area contributed by atoms with Gasteiger partial charge in [0.05, 0.1) is 10.7 Å². The molecule has 2 rings (SSSR count). The molecule has 4 nitrogen and oxygen atoms in total. The normalized spacial score (nSPS) is 10.2. The molecule has 0 spiro atoms. The van der Waals surface area contributed by atoms with Gasteiger partial charge in [-0.15, -0.1) is 0 Å². The Morgan fingerprint density at radius 3 is 2.40 bits per heavy atom. The van der Waals surface area contributed by atoms with E-state index in [2.05, 4.69) is 0 Å². The highest BCUT2D eigenvalue weighted by Crippen LogP contribution is 2.23. The molecule has 0 aromatic heterocycles. The number of aromatic hydroxyl groups is 1. The van der Waals surface area contributed by atoms with Gasteiger partial charge >= 0.3 is 0 Å². The molecular formula is C15H14INO3. The Balaban J connectivity index is 2.24. The van der Waals surface area contributed by atoms with Crippen LogP contribution in [0.4, 0.5) is 5.69 Å². The number of carbonyl (C=O) groups excluding carboxylic acids is 1. The van der Waals surface area contributed by atoms with Crippen molar-refractivity contribution in [2.24, 2.45) is 0 Å². The largest absolute Gasteiger partial charge is 0.507 e. The van der Waals surface area contributed by atoms with Crippen LogP contribution >= 0.6 is 22.6 Å². The van der Waals surface area contributed by atoms with E-state index in [0.717, 1.165) is 11.4 Å². The minimum atomic E-state index is -0.179. The summed E-state index contributed by atoms with van der Waals surface area (Å²) in [5, 5.41) is 9.67. The Labute approximate surface area is 131 Å². The summed E-state index contributed by atoms with van der Waals surface area (Å²) >= 11 is 2.01. The molecule has 2 aromatic rings. The molecule has 0 fully saturated rings. The van der Waals surface area contributed by atoms with Gasteiger partial charge in [0.25, 0.3) is 5.91 Å². The number of hydrogen-bond acceptors (Lipinski definition) is 3. The van der Waals surface area contributed by atoms with E-state index in [1.165, 1.54) is 11.0 Å². The highest BCUT2D eigenvalue weighted by atomic mass is 127. The summed E-state index contributed by atoms with van der Waals surface area (Å²) in [5.41, 5.74) is 1.20. The van der Waals surface area contributed by atoms with E-state index in [1.807, 2.05) is 34.7 Å². The van der Waals surface area contributed by atoms with Gasteiger partial charge in [-0.3, -0.25) is 4.79 Å². The third-order valence-corrected chi connectivity index (χ3v) is 3.87. The number of amides is 1. The highest BCUT2D eigenvalue weighted by Gasteiger charge is 2.14. The van der Waals surface area contributed by atoms with E-state index >= 15 is 0 Å². The summed E-state index contributed by atoms with van der Waals surface area (Å²) in [6.07, 6.45) is 0. The summed E-state index contributed by atoms with van der Waals surface area (Å²) in [5.74, 6) is 0.669. The fourth-order valence-electron chi connectivity index (χ4n) is 1.76. The second kappa shape index (κ2) is 6.13. The SMILES string of the molecule is COc1ccc(N(C)C(=O)c2ccc(I)c(O)c2)cc1. The van der Waals surface area contributed by atoms with Crippen molar-refractivity contribution in [3.63, 3.8) is 0 Å². The Morgan fingerprint density at radius 2 is 1.85 bits per heavy atom. The van der Waals surface area contributed by atoms with E-state index in [4.69, 9.17) is 4.74 Å². The topological polar surface area (TPSA) is 49.8 Å². The molecule has 0 unspecified atom stereocenters. The van der Waals surface area contributed by atoms with Gasteiger partial charge in [-0.05, 0) is 65.1 Å². The van der Waals surface area contributed by atoms with Crippen molar-refractivity contribution in [1.82, 2.24) is 0 Å². The number of anilines is 1. The number of rotatable bonds is 3. The monoisotopic (exact) mass is 383 g/mol. The van der Waals surface area contributed by atoms with Gasteiger partial charge in [-0.2, -0.15) is 0 Å². The molecule has 1 N–H and O–H groups in total. The number of nitrogens with zero attached hydrogens (tertiary/aromatic N) is 1. The van der Waals surface area contributed by atoms with Gasteiger partial charge < -0.3 is 14.7 Å². The van der Waals surface area contributed by atoms with E-state index in [0.29, 0.717) is 9.13 Å². The minimum absolute atomic E-state index is 0.111. The average molecular weight is 383 g/mol. The number of phenols is 1. The fourth-order valence-corrected chi connectivity index (χ4v) is 2.10. The first-order chi connectivity index (χ1) is 9.52. The van der Waals surface area contributed by atoms with Gasteiger partial charge in [-0.1, -0.05) is 0 Å². The molecule has 0 radical (unpaired) electrons. The smallest absolute Gasteiger partial charge is 0.258 e. The summed E-state index contributed by atoms with van der Waals surface area (Å²) in [4.78, 5) is 13.9. The third-order valence-electron chi connectivity index (χ3n) is 2.96. The van der Waals surface area contributed by atoms with Crippen molar-refractivity contribution in [2.75, 3.05) is 19.1 Å². The molecule has 0 saturated carbocycles. The van der Waals surface area contributed by atoms with Crippen molar-refractivity contribution >= 4 is 34.2 Å². The zero-order valence-corrected chi connectivity index (χ0v) is 13.3. The van der Waals surface area contributed by atoms with Gasteiger partial charge in [-0.25, -0.2) is 0 Å². The maximum absolute atomic E-state index is 12.3. The zero-order valence-electron chi connectivity index (χ0n) is 11.1. The molecular weight excluding hydrogens is 369 g/mol. The van der Waals surface area contributed by atoms with Gasteiger partial charge in [0.2, 0.25) is 0 Å². The summed E-state index contributed by atoms with van der Waals surface area (Å²) in [6.45, 7) is 0. The Bertz CT molecular complexity index is 626. The van der Waals surface area contributed by atoms with Crippen LogP contribution in [-0.4, -0.2) is 25.2 Å². The maximum Gasteiger partial charge on any atom is 0.258 e. The van der Waals surface area contributed by atoms with Crippen molar-refractivity contribution < 1.29 is 14.6 Å². The molecule has 104 valence electrons. The molecule has 0 atom stereocenters. The lowest BCUT2D eigenvalue weighted by atomic mass is 10.2. The molecule has 0 aliphatic carbocycles. The van der Waals surface area contributed by atoms with Crippen molar-refractivity contribution in [3.8, 4) is 11.5 Å². The zero-order chi connectivity index (χ0) is 14.7. The molecule has 20 heavy (non-hydrogen) atoms. The molecule has 0 saturated heterocycles. The van der Waals surface area contributed by atoms with Gasteiger partial charge in [0, 0.05) is 18.3 Å². The first-order valence-electron chi connectivity index (χ1n) is 5.93. The lowest BCUT2D eigenvalue weighted by Crippen LogP contribution is -2.26. The van der Waals surface area contributed by atoms with Crippen LogP contribution in [0.2, 0.25) is 0 Å². The minimum Gasteiger partial charge on any atom is -0.507 e. The van der Waals surface area contributed by atoms with Gasteiger partial charge in [0.15, 0.2) is 0 Å². The van der Waals surface area contributed by atoms with Crippen molar-refractivity contribution in [1.29, 1.82) is 0 Å². The maximum atomic E-state index is 12.3. The molecule has 2 aromatic carbocycles. The number of methoxy groups -OCH3 is 1. The number of ether oxygens (including phenoxy) is 1. The van der Waals surface area contributed by atoms with E-state index in [1.54, 1.807) is 38.4 Å². The second-order valence-corrected chi connectivity index (χ2v) is 5.39. The van der Waals surface area contributed by atoms with Crippen LogP contribution in [0, 0.1) is 3.57 Å². The van der Waals surface area contributed by atoms with Crippen LogP contribution in [0.3, 0.4) is 0 Å². The third kappa shape index (κ3) is 3.04. The van der Waals surface area contributed by atoms with Crippen molar-refractivity contribution in [2.45, 2.75) is 0 Å². The first-order valence-corrected chi connectivity index (χ1v) is 7.01. The summed E-state index contributed by atoms with van der Waals surface area (Å²) in [6, 6.07) is 12.1. The molecule has 0 aliphatic heterocycles. The van der Waals surface area contributed by atoms with Crippen LogP contribution in [0.25, 0.3) is 0 Å². The van der Waals surface area contributed by atoms with E-state index in [-0.39, 0.29) is 11.7 Å². The number of phenolic OH excluding ortho intramolecular Hbond substituents is 1. The first kappa shape index (κ1) is 14.6. The quantitative estimate of drug-likeness (QED) is 0.828. The Hall–Kier alpha value is -1.76. The highest BCUT2D eigenvalue weighted by molar-refractivity contribution is 14.1. The van der Waals surface area contributed by atoms with Crippen LogP contribution < -0.4 is 9.64 Å². The van der Waals surface area contributed by atoms with Crippen LogP contribution in [-0.2, 0) is 0 Å². The molecule has 1 amide bonds. The molecule has 0 heterocycles. The van der Waals surface area contributed by atoms with E-state index in [9.17, 15) is 9.90 Å². The van der Waals surface area contributed by atoms with Gasteiger partial charge in [0.1, 0.15) is 11.5 Å². The predicted octanol–water partition coefficient (Wildman–Crippen LogP) is 3.28. The van der Waals surface area contributed by atoms with Crippen LogP contribution in [0.1, 0.15) is 10.4 Å². The summed E-state index contributed by atoms with van der Waals surface area (Å²) in [7, 11) is 3.29.